The summed E-state index contributed by atoms with van der Waals surface area (Å²) in [5, 5.41) is 3.49. The molecule has 1 aliphatic carbocycles. The van der Waals surface area contributed by atoms with Crippen LogP contribution in [0.15, 0.2) is 23.8 Å². The molecular formula is C10H15N. The lowest BCUT2D eigenvalue weighted by Crippen LogP contribution is -2.22. The van der Waals surface area contributed by atoms with E-state index in [9.17, 15) is 0 Å². The van der Waals surface area contributed by atoms with Gasteiger partial charge in [-0.05, 0) is 25.7 Å². The zero-order chi connectivity index (χ0) is 7.84. The van der Waals surface area contributed by atoms with Crippen LogP contribution in [0.1, 0.15) is 13.8 Å². The van der Waals surface area contributed by atoms with Crippen LogP contribution in [0.3, 0.4) is 0 Å². The van der Waals surface area contributed by atoms with E-state index in [0.29, 0.717) is 6.04 Å². The van der Waals surface area contributed by atoms with Crippen molar-refractivity contribution in [3.63, 3.8) is 0 Å². The zero-order valence-electron chi connectivity index (χ0n) is 7.17. The summed E-state index contributed by atoms with van der Waals surface area (Å²) >= 11 is 0. The van der Waals surface area contributed by atoms with E-state index in [2.05, 4.69) is 37.4 Å². The Bertz CT molecular complexity index is 215. The number of hydrogen-bond donors (Lipinski definition) is 1. The van der Waals surface area contributed by atoms with Crippen LogP contribution in [0.2, 0.25) is 0 Å². The second kappa shape index (κ2) is 2.49. The van der Waals surface area contributed by atoms with Gasteiger partial charge in [0.15, 0.2) is 0 Å². The molecule has 60 valence electrons. The molecule has 0 saturated carbocycles. The van der Waals surface area contributed by atoms with Crippen LogP contribution < -0.4 is 5.32 Å². The zero-order valence-corrected chi connectivity index (χ0v) is 7.17. The number of nitrogens with one attached hydrogen (secondary N) is 1. The molecule has 1 heterocycles. The summed E-state index contributed by atoms with van der Waals surface area (Å²) in [6.45, 7) is 5.60. The molecule has 3 atom stereocenters. The summed E-state index contributed by atoms with van der Waals surface area (Å²) in [4.78, 5) is 0. The molecule has 11 heavy (non-hydrogen) atoms. The number of rotatable bonds is 0. The highest BCUT2D eigenvalue weighted by molar-refractivity contribution is 5.26. The average Bonchev–Trinajstić information content (AvgIpc) is 2.32. The van der Waals surface area contributed by atoms with E-state index in [-0.39, 0.29) is 0 Å². The molecule has 2 rings (SSSR count). The summed E-state index contributed by atoms with van der Waals surface area (Å²) in [7, 11) is 0. The third kappa shape index (κ3) is 1.14. The van der Waals surface area contributed by atoms with E-state index in [4.69, 9.17) is 0 Å². The molecule has 0 aromatic carbocycles. The van der Waals surface area contributed by atoms with Gasteiger partial charge < -0.3 is 5.32 Å². The number of hydrogen-bond acceptors (Lipinski definition) is 1. The summed E-state index contributed by atoms with van der Waals surface area (Å²) in [6, 6.07) is 0.667. The molecule has 1 N–H and O–H groups in total. The minimum Gasteiger partial charge on any atom is -0.313 e. The normalized spacial score (nSPS) is 42.0. The van der Waals surface area contributed by atoms with E-state index >= 15 is 0 Å². The lowest BCUT2D eigenvalue weighted by atomic mass is 9.86. The van der Waals surface area contributed by atoms with Crippen LogP contribution in [-0.2, 0) is 0 Å². The fourth-order valence-electron chi connectivity index (χ4n) is 2.10. The standard InChI is InChI=1S/C10H15N/c1-7-3-4-10-8(2)11-6-9(10)5-7/h3-5,8-11H,6H2,1-2H3. The van der Waals surface area contributed by atoms with Gasteiger partial charge in [-0.2, -0.15) is 0 Å². The summed E-state index contributed by atoms with van der Waals surface area (Å²) in [5.41, 5.74) is 1.42. The first kappa shape index (κ1) is 7.11. The van der Waals surface area contributed by atoms with Gasteiger partial charge in [-0.25, -0.2) is 0 Å². The maximum atomic E-state index is 3.49. The number of fused-ring (bicyclic) bond motifs is 1. The molecular weight excluding hydrogens is 134 g/mol. The van der Waals surface area contributed by atoms with Crippen molar-refractivity contribution in [2.45, 2.75) is 19.9 Å². The Hall–Kier alpha value is -0.560. The highest BCUT2D eigenvalue weighted by atomic mass is 15.0. The molecule has 1 heteroatoms. The first-order chi connectivity index (χ1) is 5.27. The average molecular weight is 149 g/mol. The van der Waals surface area contributed by atoms with Gasteiger partial charge in [0, 0.05) is 12.6 Å². The van der Waals surface area contributed by atoms with Crippen molar-refractivity contribution in [2.75, 3.05) is 6.54 Å². The van der Waals surface area contributed by atoms with E-state index in [1.807, 2.05) is 0 Å². The monoisotopic (exact) mass is 149 g/mol. The fourth-order valence-corrected chi connectivity index (χ4v) is 2.10. The van der Waals surface area contributed by atoms with Gasteiger partial charge in [0.25, 0.3) is 0 Å². The number of allylic oxidation sites excluding steroid dienone is 2. The van der Waals surface area contributed by atoms with Crippen LogP contribution in [0.25, 0.3) is 0 Å². The van der Waals surface area contributed by atoms with Gasteiger partial charge in [0.05, 0.1) is 0 Å². The Morgan fingerprint density at radius 3 is 3.18 bits per heavy atom. The highest BCUT2D eigenvalue weighted by Gasteiger charge is 2.30. The van der Waals surface area contributed by atoms with Crippen molar-refractivity contribution in [1.82, 2.24) is 5.32 Å². The molecule has 0 amide bonds. The van der Waals surface area contributed by atoms with Crippen molar-refractivity contribution in [1.29, 1.82) is 0 Å². The van der Waals surface area contributed by atoms with Gasteiger partial charge in [-0.15, -0.1) is 0 Å². The minimum absolute atomic E-state index is 0.667. The third-order valence-electron chi connectivity index (χ3n) is 2.81. The van der Waals surface area contributed by atoms with Gasteiger partial charge in [0.1, 0.15) is 0 Å². The van der Waals surface area contributed by atoms with E-state index in [0.717, 1.165) is 18.4 Å². The molecule has 3 unspecified atom stereocenters. The lowest BCUT2D eigenvalue weighted by molar-refractivity contribution is 0.512. The first-order valence-electron chi connectivity index (χ1n) is 4.37. The van der Waals surface area contributed by atoms with Crippen LogP contribution >= 0.6 is 0 Å². The Balaban J connectivity index is 2.21. The maximum absolute atomic E-state index is 3.49. The second-order valence-corrected chi connectivity index (χ2v) is 3.71. The molecule has 0 spiro atoms. The van der Waals surface area contributed by atoms with Gasteiger partial charge in [-0.3, -0.25) is 0 Å². The molecule has 2 aliphatic rings. The molecule has 1 aliphatic heterocycles. The largest absolute Gasteiger partial charge is 0.313 e. The van der Waals surface area contributed by atoms with Crippen molar-refractivity contribution >= 4 is 0 Å². The molecule has 0 aromatic heterocycles. The lowest BCUT2D eigenvalue weighted by Gasteiger charge is -2.19. The van der Waals surface area contributed by atoms with Crippen LogP contribution in [0.5, 0.6) is 0 Å². The van der Waals surface area contributed by atoms with Crippen LogP contribution in [0, 0.1) is 11.8 Å². The Labute approximate surface area is 68.2 Å². The predicted molar refractivity (Wildman–Crippen MR) is 47.3 cm³/mol. The molecule has 0 bridgehead atoms. The van der Waals surface area contributed by atoms with Crippen LogP contribution in [-0.4, -0.2) is 12.6 Å². The molecule has 0 radical (unpaired) electrons. The van der Waals surface area contributed by atoms with Gasteiger partial charge in [-0.1, -0.05) is 23.8 Å². The van der Waals surface area contributed by atoms with Crippen molar-refractivity contribution in [2.24, 2.45) is 11.8 Å². The topological polar surface area (TPSA) is 12.0 Å². The fraction of sp³-hybridized carbons (Fsp3) is 0.600. The highest BCUT2D eigenvalue weighted by Crippen LogP contribution is 2.29. The van der Waals surface area contributed by atoms with E-state index in [1.165, 1.54) is 5.57 Å². The van der Waals surface area contributed by atoms with E-state index < -0.39 is 0 Å². The third-order valence-corrected chi connectivity index (χ3v) is 2.81. The van der Waals surface area contributed by atoms with Gasteiger partial charge in [0.2, 0.25) is 0 Å². The Kier molecular flexibility index (Phi) is 1.61. The maximum Gasteiger partial charge on any atom is 0.0108 e. The Morgan fingerprint density at radius 2 is 2.36 bits per heavy atom. The molecule has 1 fully saturated rings. The van der Waals surface area contributed by atoms with Crippen molar-refractivity contribution < 1.29 is 0 Å². The second-order valence-electron chi connectivity index (χ2n) is 3.71. The quantitative estimate of drug-likeness (QED) is 0.553. The minimum atomic E-state index is 0.667. The first-order valence-corrected chi connectivity index (χ1v) is 4.37. The van der Waals surface area contributed by atoms with Gasteiger partial charge >= 0.3 is 0 Å². The Morgan fingerprint density at radius 1 is 1.55 bits per heavy atom. The van der Waals surface area contributed by atoms with E-state index in [1.54, 1.807) is 0 Å². The summed E-state index contributed by atoms with van der Waals surface area (Å²) in [6.07, 6.45) is 6.98. The SMILES string of the molecule is CC1=CC2CNC(C)C2C=C1. The molecule has 1 saturated heterocycles. The predicted octanol–water partition coefficient (Wildman–Crippen LogP) is 1.73. The van der Waals surface area contributed by atoms with Crippen molar-refractivity contribution in [3.8, 4) is 0 Å². The smallest absolute Gasteiger partial charge is 0.0108 e. The summed E-state index contributed by atoms with van der Waals surface area (Å²) in [5.74, 6) is 1.51. The van der Waals surface area contributed by atoms with Crippen molar-refractivity contribution in [3.05, 3.63) is 23.8 Å². The van der Waals surface area contributed by atoms with Crippen LogP contribution in [0.4, 0.5) is 0 Å². The molecule has 1 nitrogen and oxygen atoms in total. The summed E-state index contributed by atoms with van der Waals surface area (Å²) < 4.78 is 0. The molecule has 0 aromatic rings.